The first kappa shape index (κ1) is 10.4. The van der Waals surface area contributed by atoms with Crippen LogP contribution in [0.2, 0.25) is 0 Å². The molecule has 15 heavy (non-hydrogen) atoms. The van der Waals surface area contributed by atoms with Gasteiger partial charge in [-0.3, -0.25) is 4.79 Å². The number of furan rings is 1. The molecule has 2 rings (SSSR count). The van der Waals surface area contributed by atoms with Gasteiger partial charge in [0.05, 0.1) is 6.26 Å². The molecule has 82 valence electrons. The number of carbonyl (C=O) groups is 1. The van der Waals surface area contributed by atoms with Crippen molar-refractivity contribution in [2.45, 2.75) is 44.1 Å². The third-order valence-electron chi connectivity index (χ3n) is 3.10. The van der Waals surface area contributed by atoms with Gasteiger partial charge < -0.3 is 9.52 Å². The van der Waals surface area contributed by atoms with Crippen molar-refractivity contribution in [2.75, 3.05) is 0 Å². The van der Waals surface area contributed by atoms with Gasteiger partial charge in [-0.25, -0.2) is 0 Å². The highest BCUT2D eigenvalue weighted by atomic mass is 16.3. The smallest absolute Gasteiger partial charge is 0.229 e. The zero-order valence-corrected chi connectivity index (χ0v) is 8.74. The summed E-state index contributed by atoms with van der Waals surface area (Å²) in [6.45, 7) is 0. The van der Waals surface area contributed by atoms with Gasteiger partial charge in [0.25, 0.3) is 0 Å². The second kappa shape index (κ2) is 4.19. The highest BCUT2D eigenvalue weighted by Crippen LogP contribution is 2.30. The Morgan fingerprint density at radius 3 is 2.47 bits per heavy atom. The molecular weight excluding hydrogens is 192 g/mol. The molecule has 3 heteroatoms. The van der Waals surface area contributed by atoms with E-state index in [1.165, 1.54) is 6.26 Å². The molecule has 1 heterocycles. The lowest BCUT2D eigenvalue weighted by atomic mass is 9.88. The summed E-state index contributed by atoms with van der Waals surface area (Å²) < 4.78 is 5.04. The monoisotopic (exact) mass is 208 g/mol. The Morgan fingerprint density at radius 2 is 1.93 bits per heavy atom. The Kier molecular flexibility index (Phi) is 2.91. The van der Waals surface area contributed by atoms with Gasteiger partial charge in [-0.2, -0.15) is 0 Å². The lowest BCUT2D eigenvalue weighted by Crippen LogP contribution is -2.37. The van der Waals surface area contributed by atoms with Crippen LogP contribution in [0.15, 0.2) is 22.8 Å². The summed E-state index contributed by atoms with van der Waals surface area (Å²) >= 11 is 0. The third-order valence-corrected chi connectivity index (χ3v) is 3.10. The molecule has 0 radical (unpaired) electrons. The summed E-state index contributed by atoms with van der Waals surface area (Å²) in [6.07, 6.45) is 6.64. The van der Waals surface area contributed by atoms with E-state index in [9.17, 15) is 9.90 Å². The lowest BCUT2D eigenvalue weighted by Gasteiger charge is -2.23. The maximum Gasteiger partial charge on any atom is 0.229 e. The molecule has 0 atom stereocenters. The SMILES string of the molecule is O=C(c1ccco1)C1(O)CCCCCC1. The molecule has 0 aromatic carbocycles. The van der Waals surface area contributed by atoms with Crippen molar-refractivity contribution in [3.63, 3.8) is 0 Å². The van der Waals surface area contributed by atoms with Gasteiger partial charge in [0.1, 0.15) is 5.60 Å². The van der Waals surface area contributed by atoms with Crippen LogP contribution in [0.1, 0.15) is 49.1 Å². The van der Waals surface area contributed by atoms with Crippen LogP contribution >= 0.6 is 0 Å². The number of hydrogen-bond donors (Lipinski definition) is 1. The number of hydrogen-bond acceptors (Lipinski definition) is 3. The van der Waals surface area contributed by atoms with Gasteiger partial charge >= 0.3 is 0 Å². The fraction of sp³-hybridized carbons (Fsp3) is 0.583. The van der Waals surface area contributed by atoms with Crippen molar-refractivity contribution in [2.24, 2.45) is 0 Å². The van der Waals surface area contributed by atoms with E-state index in [1.807, 2.05) is 0 Å². The van der Waals surface area contributed by atoms with Crippen LogP contribution in [0.5, 0.6) is 0 Å². The second-order valence-corrected chi connectivity index (χ2v) is 4.25. The third kappa shape index (κ3) is 2.12. The highest BCUT2D eigenvalue weighted by Gasteiger charge is 2.37. The van der Waals surface area contributed by atoms with Crippen LogP contribution in [0.3, 0.4) is 0 Å². The van der Waals surface area contributed by atoms with Crippen molar-refractivity contribution in [1.29, 1.82) is 0 Å². The summed E-state index contributed by atoms with van der Waals surface area (Å²) in [5.41, 5.74) is -1.19. The van der Waals surface area contributed by atoms with Crippen molar-refractivity contribution >= 4 is 5.78 Å². The van der Waals surface area contributed by atoms with E-state index >= 15 is 0 Å². The maximum atomic E-state index is 12.0. The molecule has 1 N–H and O–H groups in total. The molecule has 1 aliphatic rings. The minimum Gasteiger partial charge on any atom is -0.461 e. The van der Waals surface area contributed by atoms with E-state index in [1.54, 1.807) is 12.1 Å². The van der Waals surface area contributed by atoms with Crippen LogP contribution in [-0.4, -0.2) is 16.5 Å². The van der Waals surface area contributed by atoms with Gasteiger partial charge in [-0.1, -0.05) is 25.7 Å². The zero-order chi connectivity index (χ0) is 10.7. The standard InChI is InChI=1S/C12H16O3/c13-11(10-6-5-9-15-10)12(14)7-3-1-2-4-8-12/h5-6,9,14H,1-4,7-8H2. The van der Waals surface area contributed by atoms with Crippen LogP contribution in [-0.2, 0) is 0 Å². The first-order valence-electron chi connectivity index (χ1n) is 5.53. The number of Topliss-reactive ketones (excluding diaryl/α,β-unsaturated/α-hetero) is 1. The van der Waals surface area contributed by atoms with Crippen molar-refractivity contribution < 1.29 is 14.3 Å². The van der Waals surface area contributed by atoms with Gasteiger partial charge in [-0.05, 0) is 25.0 Å². The van der Waals surface area contributed by atoms with Crippen LogP contribution in [0, 0.1) is 0 Å². The molecule has 1 saturated carbocycles. The van der Waals surface area contributed by atoms with Crippen LogP contribution in [0.25, 0.3) is 0 Å². The predicted octanol–water partition coefficient (Wildman–Crippen LogP) is 2.55. The molecule has 1 fully saturated rings. The summed E-state index contributed by atoms with van der Waals surface area (Å²) in [4.78, 5) is 12.0. The molecular formula is C12H16O3. The summed E-state index contributed by atoms with van der Waals surface area (Å²) in [5, 5.41) is 10.3. The quantitative estimate of drug-likeness (QED) is 0.600. The molecule has 0 spiro atoms. The average molecular weight is 208 g/mol. The number of ketones is 1. The van der Waals surface area contributed by atoms with Gasteiger partial charge in [0.15, 0.2) is 5.76 Å². The van der Waals surface area contributed by atoms with Crippen molar-refractivity contribution in [3.05, 3.63) is 24.2 Å². The minimum atomic E-state index is -1.19. The van der Waals surface area contributed by atoms with Crippen LogP contribution < -0.4 is 0 Å². The van der Waals surface area contributed by atoms with Gasteiger partial charge in [0, 0.05) is 0 Å². The molecule has 0 amide bonds. The minimum absolute atomic E-state index is 0.255. The second-order valence-electron chi connectivity index (χ2n) is 4.25. The molecule has 1 aromatic heterocycles. The van der Waals surface area contributed by atoms with Crippen molar-refractivity contribution in [1.82, 2.24) is 0 Å². The van der Waals surface area contributed by atoms with E-state index in [0.717, 1.165) is 25.7 Å². The van der Waals surface area contributed by atoms with E-state index in [0.29, 0.717) is 12.8 Å². The van der Waals surface area contributed by atoms with E-state index in [2.05, 4.69) is 0 Å². The average Bonchev–Trinajstić information content (AvgIpc) is 2.67. The van der Waals surface area contributed by atoms with E-state index < -0.39 is 5.60 Å². The molecule has 1 aromatic rings. The highest BCUT2D eigenvalue weighted by molar-refractivity contribution is 6.00. The Bertz CT molecular complexity index is 319. The molecule has 0 unspecified atom stereocenters. The van der Waals surface area contributed by atoms with Gasteiger partial charge in [0.2, 0.25) is 5.78 Å². The Labute approximate surface area is 89.1 Å². The molecule has 0 aliphatic heterocycles. The fourth-order valence-electron chi connectivity index (χ4n) is 2.18. The van der Waals surface area contributed by atoms with E-state index in [-0.39, 0.29) is 11.5 Å². The van der Waals surface area contributed by atoms with Gasteiger partial charge in [-0.15, -0.1) is 0 Å². The zero-order valence-electron chi connectivity index (χ0n) is 8.74. The van der Waals surface area contributed by atoms with E-state index in [4.69, 9.17) is 4.42 Å². The Hall–Kier alpha value is -1.09. The maximum absolute atomic E-state index is 12.0. The van der Waals surface area contributed by atoms with Crippen molar-refractivity contribution in [3.8, 4) is 0 Å². The Balaban J connectivity index is 2.16. The number of carbonyl (C=O) groups excluding carboxylic acids is 1. The van der Waals surface area contributed by atoms with Crippen LogP contribution in [0.4, 0.5) is 0 Å². The summed E-state index contributed by atoms with van der Waals surface area (Å²) in [6, 6.07) is 3.29. The molecule has 0 saturated heterocycles. The largest absolute Gasteiger partial charge is 0.461 e. The first-order valence-corrected chi connectivity index (χ1v) is 5.53. The molecule has 3 nitrogen and oxygen atoms in total. The normalized spacial score (nSPS) is 20.9. The summed E-state index contributed by atoms with van der Waals surface area (Å²) in [7, 11) is 0. The Morgan fingerprint density at radius 1 is 1.27 bits per heavy atom. The molecule has 0 bridgehead atoms. The fourth-order valence-corrected chi connectivity index (χ4v) is 2.18. The predicted molar refractivity (Wildman–Crippen MR) is 55.7 cm³/mol. The number of aliphatic hydroxyl groups is 1. The number of rotatable bonds is 2. The lowest BCUT2D eigenvalue weighted by molar-refractivity contribution is 0.0212. The summed E-state index contributed by atoms with van der Waals surface area (Å²) in [5.74, 6) is 0.0220. The molecule has 1 aliphatic carbocycles. The first-order chi connectivity index (χ1) is 7.22. The topological polar surface area (TPSA) is 50.4 Å².